The molecule has 0 atom stereocenters. The van der Waals surface area contributed by atoms with Crippen molar-refractivity contribution in [3.05, 3.63) is 29.3 Å². The zero-order chi connectivity index (χ0) is 13.9. The van der Waals surface area contributed by atoms with Gasteiger partial charge in [-0.15, -0.1) is 0 Å². The van der Waals surface area contributed by atoms with Gasteiger partial charge in [-0.05, 0) is 24.6 Å². The van der Waals surface area contributed by atoms with E-state index in [0.717, 1.165) is 12.1 Å². The highest BCUT2D eigenvalue weighted by Crippen LogP contribution is 2.32. The minimum absolute atomic E-state index is 0.0165. The molecule has 0 spiro atoms. The van der Waals surface area contributed by atoms with Crippen molar-refractivity contribution in [1.29, 1.82) is 0 Å². The van der Waals surface area contributed by atoms with Crippen LogP contribution in [0.2, 0.25) is 0 Å². The molecule has 0 aliphatic rings. The lowest BCUT2D eigenvalue weighted by Crippen LogP contribution is -2.20. The minimum Gasteiger partial charge on any atom is -0.393 e. The Hall–Kier alpha value is -1.63. The second-order valence-electron chi connectivity index (χ2n) is 3.72. The Morgan fingerprint density at radius 3 is 2.56 bits per heavy atom. The Morgan fingerprint density at radius 1 is 1.44 bits per heavy atom. The summed E-state index contributed by atoms with van der Waals surface area (Å²) in [6.45, 7) is 1.59. The zero-order valence-electron chi connectivity index (χ0n) is 9.47. The molecule has 0 saturated heterocycles. The van der Waals surface area contributed by atoms with E-state index in [4.69, 9.17) is 5.73 Å². The summed E-state index contributed by atoms with van der Waals surface area (Å²) in [6, 6.07) is 3.13. The Labute approximate surface area is 107 Å². The predicted octanol–water partition coefficient (Wildman–Crippen LogP) is 2.63. The first-order valence-corrected chi connectivity index (χ1v) is 5.37. The minimum atomic E-state index is -4.45. The molecule has 7 heteroatoms. The van der Waals surface area contributed by atoms with Crippen molar-refractivity contribution in [3.63, 3.8) is 0 Å². The molecule has 1 amide bonds. The number of carbonyl (C=O) groups is 1. The van der Waals surface area contributed by atoms with Gasteiger partial charge in [-0.3, -0.25) is 4.79 Å². The van der Waals surface area contributed by atoms with E-state index in [0.29, 0.717) is 5.56 Å². The molecule has 0 unspecified atom stereocenters. The second-order valence-corrected chi connectivity index (χ2v) is 4.24. The SMILES string of the molecule is Cc1ccc(C(F)(F)F)cc1NC(=O)CC(N)=S. The van der Waals surface area contributed by atoms with Crippen molar-refractivity contribution in [2.45, 2.75) is 19.5 Å². The van der Waals surface area contributed by atoms with Crippen LogP contribution in [0.25, 0.3) is 0 Å². The Balaban J connectivity index is 2.95. The maximum atomic E-state index is 12.5. The van der Waals surface area contributed by atoms with Crippen molar-refractivity contribution < 1.29 is 18.0 Å². The van der Waals surface area contributed by atoms with Gasteiger partial charge in [0.15, 0.2) is 0 Å². The van der Waals surface area contributed by atoms with E-state index in [-0.39, 0.29) is 17.1 Å². The number of carbonyl (C=O) groups excluding carboxylic acids is 1. The van der Waals surface area contributed by atoms with Crippen LogP contribution in [0.1, 0.15) is 17.5 Å². The number of alkyl halides is 3. The summed E-state index contributed by atoms with van der Waals surface area (Å²) in [5, 5.41) is 2.35. The molecule has 1 rings (SSSR count). The van der Waals surface area contributed by atoms with Crippen LogP contribution in [0.3, 0.4) is 0 Å². The molecule has 0 aromatic heterocycles. The van der Waals surface area contributed by atoms with E-state index in [2.05, 4.69) is 17.5 Å². The van der Waals surface area contributed by atoms with E-state index in [9.17, 15) is 18.0 Å². The molecule has 0 radical (unpaired) electrons. The van der Waals surface area contributed by atoms with Gasteiger partial charge in [0.2, 0.25) is 5.91 Å². The first kappa shape index (κ1) is 14.4. The van der Waals surface area contributed by atoms with Gasteiger partial charge < -0.3 is 11.1 Å². The van der Waals surface area contributed by atoms with Crippen LogP contribution in [0, 0.1) is 6.92 Å². The molecule has 0 saturated carbocycles. The highest BCUT2D eigenvalue weighted by atomic mass is 32.1. The molecule has 3 N–H and O–H groups in total. The molecule has 0 aliphatic carbocycles. The van der Waals surface area contributed by atoms with Gasteiger partial charge in [-0.2, -0.15) is 13.2 Å². The molecule has 0 aliphatic heterocycles. The van der Waals surface area contributed by atoms with Gasteiger partial charge in [0.1, 0.15) is 0 Å². The maximum absolute atomic E-state index is 12.5. The highest BCUT2D eigenvalue weighted by Gasteiger charge is 2.30. The molecular formula is C11H11F3N2OS. The van der Waals surface area contributed by atoms with E-state index in [1.165, 1.54) is 6.07 Å². The number of aryl methyl sites for hydroxylation is 1. The lowest BCUT2D eigenvalue weighted by atomic mass is 10.1. The quantitative estimate of drug-likeness (QED) is 0.834. The van der Waals surface area contributed by atoms with Crippen molar-refractivity contribution in [2.24, 2.45) is 5.73 Å². The summed E-state index contributed by atoms with van der Waals surface area (Å²) in [4.78, 5) is 11.4. The van der Waals surface area contributed by atoms with Crippen LogP contribution in [0.15, 0.2) is 18.2 Å². The third-order valence-electron chi connectivity index (χ3n) is 2.17. The van der Waals surface area contributed by atoms with Gasteiger partial charge in [-0.1, -0.05) is 18.3 Å². The summed E-state index contributed by atoms with van der Waals surface area (Å²) < 4.78 is 37.5. The molecule has 1 aromatic carbocycles. The van der Waals surface area contributed by atoms with Gasteiger partial charge >= 0.3 is 6.18 Å². The van der Waals surface area contributed by atoms with Crippen molar-refractivity contribution in [1.82, 2.24) is 0 Å². The number of hydrogen-bond donors (Lipinski definition) is 2. The molecule has 3 nitrogen and oxygen atoms in total. The number of nitrogens with two attached hydrogens (primary N) is 1. The van der Waals surface area contributed by atoms with Crippen molar-refractivity contribution in [2.75, 3.05) is 5.32 Å². The predicted molar refractivity (Wildman–Crippen MR) is 66.2 cm³/mol. The summed E-state index contributed by atoms with van der Waals surface area (Å²) in [7, 11) is 0. The lowest BCUT2D eigenvalue weighted by molar-refractivity contribution is -0.137. The average Bonchev–Trinajstić information content (AvgIpc) is 2.18. The monoisotopic (exact) mass is 276 g/mol. The smallest absolute Gasteiger partial charge is 0.393 e. The normalized spacial score (nSPS) is 11.1. The number of amides is 1. The number of anilines is 1. The van der Waals surface area contributed by atoms with Crippen molar-refractivity contribution >= 4 is 28.8 Å². The van der Waals surface area contributed by atoms with E-state index < -0.39 is 17.6 Å². The van der Waals surface area contributed by atoms with E-state index >= 15 is 0 Å². The highest BCUT2D eigenvalue weighted by molar-refractivity contribution is 7.80. The lowest BCUT2D eigenvalue weighted by Gasteiger charge is -2.12. The number of benzene rings is 1. The van der Waals surface area contributed by atoms with Gasteiger partial charge in [0.25, 0.3) is 0 Å². The first-order valence-electron chi connectivity index (χ1n) is 4.96. The van der Waals surface area contributed by atoms with E-state index in [1.54, 1.807) is 6.92 Å². The standard InChI is InChI=1S/C11H11F3N2OS/c1-6-2-3-7(11(12,13)14)4-8(6)16-10(17)5-9(15)18/h2-4H,5H2,1H3,(H2,15,18)(H,16,17). The van der Waals surface area contributed by atoms with Crippen LogP contribution in [-0.4, -0.2) is 10.9 Å². The molecule has 0 heterocycles. The van der Waals surface area contributed by atoms with Crippen molar-refractivity contribution in [3.8, 4) is 0 Å². The molecule has 1 aromatic rings. The fourth-order valence-corrected chi connectivity index (χ4v) is 1.42. The summed E-state index contributed by atoms with van der Waals surface area (Å²) in [6.07, 6.45) is -4.65. The van der Waals surface area contributed by atoms with E-state index in [1.807, 2.05) is 0 Å². The van der Waals surface area contributed by atoms with Gasteiger partial charge in [-0.25, -0.2) is 0 Å². The topological polar surface area (TPSA) is 55.1 Å². The molecule has 0 bridgehead atoms. The fraction of sp³-hybridized carbons (Fsp3) is 0.273. The summed E-state index contributed by atoms with van der Waals surface area (Å²) in [5.74, 6) is -0.537. The Bertz CT molecular complexity index is 486. The van der Waals surface area contributed by atoms with Gasteiger partial charge in [0, 0.05) is 5.69 Å². The Kier molecular flexibility index (Phi) is 4.28. The summed E-state index contributed by atoms with van der Waals surface area (Å²) >= 11 is 4.54. The third-order valence-corrected chi connectivity index (χ3v) is 2.32. The maximum Gasteiger partial charge on any atom is 0.416 e. The molecule has 0 fully saturated rings. The Morgan fingerprint density at radius 2 is 2.06 bits per heavy atom. The number of hydrogen-bond acceptors (Lipinski definition) is 2. The van der Waals surface area contributed by atoms with Crippen LogP contribution >= 0.6 is 12.2 Å². The molecule has 18 heavy (non-hydrogen) atoms. The number of rotatable bonds is 3. The average molecular weight is 276 g/mol. The zero-order valence-corrected chi connectivity index (χ0v) is 10.3. The molecular weight excluding hydrogens is 265 g/mol. The second kappa shape index (κ2) is 5.34. The van der Waals surface area contributed by atoms with Gasteiger partial charge in [0.05, 0.1) is 17.0 Å². The van der Waals surface area contributed by atoms with Crippen LogP contribution in [-0.2, 0) is 11.0 Å². The van der Waals surface area contributed by atoms with Crippen LogP contribution in [0.4, 0.5) is 18.9 Å². The number of nitrogens with one attached hydrogen (secondary N) is 1. The van der Waals surface area contributed by atoms with Crippen LogP contribution < -0.4 is 11.1 Å². The van der Waals surface area contributed by atoms with Crippen LogP contribution in [0.5, 0.6) is 0 Å². The third kappa shape index (κ3) is 3.99. The first-order chi connectivity index (χ1) is 8.20. The largest absolute Gasteiger partial charge is 0.416 e. The fourth-order valence-electron chi connectivity index (χ4n) is 1.29. The number of halogens is 3. The number of thiocarbonyl (C=S) groups is 1. The molecule has 98 valence electrons. The summed E-state index contributed by atoms with van der Waals surface area (Å²) in [5.41, 5.74) is 4.98.